The lowest BCUT2D eigenvalue weighted by molar-refractivity contribution is 0.0945. The third kappa shape index (κ3) is 4.46. The molecule has 30 heavy (non-hydrogen) atoms. The molecule has 0 aliphatic heterocycles. The highest BCUT2D eigenvalue weighted by Gasteiger charge is 2.17. The summed E-state index contributed by atoms with van der Waals surface area (Å²) in [5, 5.41) is 2.75. The van der Waals surface area contributed by atoms with Gasteiger partial charge in [0, 0.05) is 25.0 Å². The molecule has 3 heterocycles. The normalized spacial score (nSPS) is 11.0. The highest BCUT2D eigenvalue weighted by molar-refractivity contribution is 5.95. The molecule has 7 nitrogen and oxygen atoms in total. The summed E-state index contributed by atoms with van der Waals surface area (Å²) in [7, 11) is 0. The Bertz CT molecular complexity index is 1200. The second-order valence-electron chi connectivity index (χ2n) is 7.15. The number of amides is 1. The topological polar surface area (TPSA) is 89.5 Å². The molecule has 4 aromatic rings. The number of fused-ring (bicyclic) bond motifs is 1. The van der Waals surface area contributed by atoms with Crippen LogP contribution >= 0.6 is 0 Å². The Labute approximate surface area is 173 Å². The summed E-state index contributed by atoms with van der Waals surface area (Å²) in [5.41, 5.74) is 2.65. The second-order valence-corrected chi connectivity index (χ2v) is 7.15. The maximum Gasteiger partial charge on any atom is 0.349 e. The van der Waals surface area contributed by atoms with Crippen LogP contribution in [-0.4, -0.2) is 20.3 Å². The van der Waals surface area contributed by atoms with Crippen molar-refractivity contribution in [3.63, 3.8) is 0 Å². The molecule has 7 heteroatoms. The number of aryl methyl sites for hydroxylation is 3. The predicted octanol–water partition coefficient (Wildman–Crippen LogP) is 3.10. The number of benzene rings is 1. The van der Waals surface area contributed by atoms with Gasteiger partial charge in [-0.1, -0.05) is 30.3 Å². The first kappa shape index (κ1) is 19.6. The lowest BCUT2D eigenvalue weighted by Crippen LogP contribution is -2.29. The highest BCUT2D eigenvalue weighted by atomic mass is 16.4. The molecule has 1 aromatic carbocycles. The van der Waals surface area contributed by atoms with E-state index < -0.39 is 11.5 Å². The summed E-state index contributed by atoms with van der Waals surface area (Å²) in [6, 6.07) is 11.9. The van der Waals surface area contributed by atoms with Crippen molar-refractivity contribution in [3.8, 4) is 0 Å². The Balaban J connectivity index is 1.39. The highest BCUT2D eigenvalue weighted by Crippen LogP contribution is 2.11. The van der Waals surface area contributed by atoms with E-state index in [2.05, 4.69) is 27.4 Å². The van der Waals surface area contributed by atoms with Crippen LogP contribution in [0.5, 0.6) is 0 Å². The maximum atomic E-state index is 12.6. The number of nitrogens with one attached hydrogen (secondary N) is 1. The Morgan fingerprint density at radius 1 is 1.20 bits per heavy atom. The lowest BCUT2D eigenvalue weighted by Gasteiger charge is -2.07. The zero-order chi connectivity index (χ0) is 20.9. The molecule has 3 aromatic heterocycles. The first-order valence-corrected chi connectivity index (χ1v) is 9.83. The first-order chi connectivity index (χ1) is 14.6. The van der Waals surface area contributed by atoms with Crippen LogP contribution in [0.4, 0.5) is 0 Å². The predicted molar refractivity (Wildman–Crippen MR) is 112 cm³/mol. The fourth-order valence-corrected chi connectivity index (χ4v) is 3.42. The minimum Gasteiger partial charge on any atom is -0.427 e. The number of carbonyl (C=O) groups excluding carboxylic acids is 1. The van der Waals surface area contributed by atoms with Crippen molar-refractivity contribution in [3.05, 3.63) is 99.8 Å². The van der Waals surface area contributed by atoms with E-state index in [9.17, 15) is 9.59 Å². The van der Waals surface area contributed by atoms with Crippen molar-refractivity contribution in [2.75, 3.05) is 0 Å². The number of nitrogens with zero attached hydrogens (tertiary/aromatic N) is 3. The standard InChI is InChI=1S/C23H22N4O3/c1-16-12-19(9-5-8-17-6-3-2-4-7-17)30-23(29)21(16)22(28)25-13-18-15-27-11-10-24-14-20(27)26-18/h2-4,6-7,10-12,14-15H,5,8-9,13H2,1H3,(H,25,28). The van der Waals surface area contributed by atoms with Crippen LogP contribution in [0.2, 0.25) is 0 Å². The van der Waals surface area contributed by atoms with Crippen molar-refractivity contribution in [1.82, 2.24) is 19.7 Å². The van der Waals surface area contributed by atoms with E-state index in [0.717, 1.165) is 12.8 Å². The summed E-state index contributed by atoms with van der Waals surface area (Å²) in [6.45, 7) is 1.96. The van der Waals surface area contributed by atoms with E-state index in [1.165, 1.54) is 5.56 Å². The number of imidazole rings is 1. The molecule has 0 saturated carbocycles. The average Bonchev–Trinajstić information content (AvgIpc) is 3.16. The van der Waals surface area contributed by atoms with Gasteiger partial charge in [0.1, 0.15) is 11.3 Å². The van der Waals surface area contributed by atoms with E-state index in [1.54, 1.807) is 31.6 Å². The number of rotatable bonds is 7. The van der Waals surface area contributed by atoms with Crippen LogP contribution in [0.3, 0.4) is 0 Å². The molecule has 0 unspecified atom stereocenters. The zero-order valence-corrected chi connectivity index (χ0v) is 16.7. The van der Waals surface area contributed by atoms with Gasteiger partial charge in [-0.05, 0) is 37.0 Å². The van der Waals surface area contributed by atoms with Gasteiger partial charge in [-0.3, -0.25) is 9.78 Å². The quantitative estimate of drug-likeness (QED) is 0.513. The van der Waals surface area contributed by atoms with Crippen LogP contribution in [0, 0.1) is 6.92 Å². The summed E-state index contributed by atoms with van der Waals surface area (Å²) >= 11 is 0. The first-order valence-electron chi connectivity index (χ1n) is 9.83. The van der Waals surface area contributed by atoms with Crippen LogP contribution in [-0.2, 0) is 19.4 Å². The molecule has 4 rings (SSSR count). The molecule has 1 amide bonds. The number of hydrogen-bond acceptors (Lipinski definition) is 5. The summed E-state index contributed by atoms with van der Waals surface area (Å²) < 4.78 is 7.22. The van der Waals surface area contributed by atoms with Crippen molar-refractivity contribution in [1.29, 1.82) is 0 Å². The minimum atomic E-state index is -0.610. The van der Waals surface area contributed by atoms with Gasteiger partial charge in [0.2, 0.25) is 0 Å². The largest absolute Gasteiger partial charge is 0.427 e. The third-order valence-corrected chi connectivity index (χ3v) is 4.90. The van der Waals surface area contributed by atoms with Crippen molar-refractivity contribution >= 4 is 11.6 Å². The molecular weight excluding hydrogens is 380 g/mol. The number of aromatic nitrogens is 3. The van der Waals surface area contributed by atoms with Gasteiger partial charge in [-0.15, -0.1) is 0 Å². The molecular formula is C23H22N4O3. The van der Waals surface area contributed by atoms with Crippen LogP contribution in [0.25, 0.3) is 5.65 Å². The molecule has 0 spiro atoms. The maximum absolute atomic E-state index is 12.6. The van der Waals surface area contributed by atoms with Crippen LogP contribution in [0.15, 0.2) is 70.4 Å². The van der Waals surface area contributed by atoms with Gasteiger partial charge in [0.25, 0.3) is 5.91 Å². The average molecular weight is 402 g/mol. The fourth-order valence-electron chi connectivity index (χ4n) is 3.42. The summed E-state index contributed by atoms with van der Waals surface area (Å²) in [6.07, 6.45) is 9.29. The Hall–Kier alpha value is -3.74. The van der Waals surface area contributed by atoms with E-state index in [-0.39, 0.29) is 12.1 Å². The smallest absolute Gasteiger partial charge is 0.349 e. The van der Waals surface area contributed by atoms with Crippen molar-refractivity contribution in [2.24, 2.45) is 0 Å². The lowest BCUT2D eigenvalue weighted by atomic mass is 10.1. The van der Waals surface area contributed by atoms with Gasteiger partial charge < -0.3 is 14.1 Å². The molecule has 0 radical (unpaired) electrons. The monoisotopic (exact) mass is 402 g/mol. The molecule has 1 N–H and O–H groups in total. The van der Waals surface area contributed by atoms with Gasteiger partial charge in [0.15, 0.2) is 5.65 Å². The molecule has 152 valence electrons. The molecule has 0 fully saturated rings. The SMILES string of the molecule is Cc1cc(CCCc2ccccc2)oc(=O)c1C(=O)NCc1cn2ccncc2n1. The van der Waals surface area contributed by atoms with E-state index in [4.69, 9.17) is 4.42 Å². The van der Waals surface area contributed by atoms with E-state index >= 15 is 0 Å². The van der Waals surface area contributed by atoms with Crippen molar-refractivity contribution < 1.29 is 9.21 Å². The van der Waals surface area contributed by atoms with Gasteiger partial charge in [-0.25, -0.2) is 9.78 Å². The molecule has 0 aliphatic rings. The van der Waals surface area contributed by atoms with Gasteiger partial charge in [-0.2, -0.15) is 0 Å². The summed E-state index contributed by atoms with van der Waals surface area (Å²) in [5.74, 6) is 0.130. The van der Waals surface area contributed by atoms with E-state index in [0.29, 0.717) is 29.1 Å². The van der Waals surface area contributed by atoms with Crippen LogP contribution in [0.1, 0.15) is 39.4 Å². The molecule has 0 aliphatic carbocycles. The van der Waals surface area contributed by atoms with Gasteiger partial charge in [0.05, 0.1) is 18.4 Å². The third-order valence-electron chi connectivity index (χ3n) is 4.90. The zero-order valence-electron chi connectivity index (χ0n) is 16.7. The van der Waals surface area contributed by atoms with E-state index in [1.807, 2.05) is 28.8 Å². The van der Waals surface area contributed by atoms with Crippen LogP contribution < -0.4 is 10.9 Å². The number of hydrogen-bond donors (Lipinski definition) is 1. The summed E-state index contributed by atoms with van der Waals surface area (Å²) in [4.78, 5) is 33.4. The molecule has 0 bridgehead atoms. The van der Waals surface area contributed by atoms with Gasteiger partial charge >= 0.3 is 5.63 Å². The Morgan fingerprint density at radius 3 is 2.80 bits per heavy atom. The molecule has 0 saturated heterocycles. The second kappa shape index (κ2) is 8.73. The number of carbonyl (C=O) groups is 1. The fraction of sp³-hybridized carbons (Fsp3) is 0.217. The minimum absolute atomic E-state index is 0.0345. The molecule has 0 atom stereocenters. The van der Waals surface area contributed by atoms with Crippen molar-refractivity contribution in [2.45, 2.75) is 32.7 Å². The Morgan fingerprint density at radius 2 is 2.03 bits per heavy atom. The Kier molecular flexibility index (Phi) is 5.70.